The Morgan fingerprint density at radius 2 is 1.89 bits per heavy atom. The predicted molar refractivity (Wildman–Crippen MR) is 110 cm³/mol. The molecule has 0 aliphatic heterocycles. The summed E-state index contributed by atoms with van der Waals surface area (Å²) >= 11 is 1.22. The first kappa shape index (κ1) is 19.9. The molecule has 2 aromatic heterocycles. The first-order chi connectivity index (χ1) is 13.5. The molecule has 0 aliphatic rings. The summed E-state index contributed by atoms with van der Waals surface area (Å²) in [5.41, 5.74) is 3.00. The smallest absolute Gasteiger partial charge is 0.350 e. The van der Waals surface area contributed by atoms with Crippen molar-refractivity contribution in [3.05, 3.63) is 70.4 Å². The summed E-state index contributed by atoms with van der Waals surface area (Å²) < 4.78 is 5.23. The zero-order valence-electron chi connectivity index (χ0n) is 16.1. The topological polar surface area (TPSA) is 69.2 Å². The number of ether oxygens (including phenoxy) is 1. The van der Waals surface area contributed by atoms with E-state index < -0.39 is 5.97 Å². The lowest BCUT2D eigenvalue weighted by Gasteiger charge is -2.09. The van der Waals surface area contributed by atoms with Gasteiger partial charge in [0.05, 0.1) is 11.4 Å². The quantitative estimate of drug-likeness (QED) is 0.413. The maximum absolute atomic E-state index is 12.4. The summed E-state index contributed by atoms with van der Waals surface area (Å²) in [7, 11) is 0. The highest BCUT2D eigenvalue weighted by Gasteiger charge is 2.19. The highest BCUT2D eigenvalue weighted by Crippen LogP contribution is 2.27. The average Bonchev–Trinajstić information content (AvgIpc) is 3.13. The predicted octanol–water partition coefficient (Wildman–Crippen LogP) is 5.07. The Labute approximate surface area is 168 Å². The van der Waals surface area contributed by atoms with Gasteiger partial charge in [0, 0.05) is 11.8 Å². The number of aryl methyl sites for hydroxylation is 1. The molecule has 3 aromatic rings. The van der Waals surface area contributed by atoms with Gasteiger partial charge in [-0.15, -0.1) is 11.3 Å². The maximum atomic E-state index is 12.4. The number of carbonyl (C=O) groups excluding carboxylic acids is 2. The zero-order valence-corrected chi connectivity index (χ0v) is 17.0. The van der Waals surface area contributed by atoms with E-state index in [4.69, 9.17) is 4.74 Å². The fraction of sp³-hybridized carbons (Fsp3) is 0.273. The molecule has 6 heteroatoms. The van der Waals surface area contributed by atoms with Crippen molar-refractivity contribution >= 4 is 23.1 Å². The number of carbonyl (C=O) groups is 2. The third-order valence-corrected chi connectivity index (χ3v) is 5.77. The largest absolute Gasteiger partial charge is 0.453 e. The van der Waals surface area contributed by atoms with E-state index in [1.54, 1.807) is 25.3 Å². The molecule has 28 heavy (non-hydrogen) atoms. The van der Waals surface area contributed by atoms with Gasteiger partial charge < -0.3 is 4.74 Å². The number of Topliss-reactive ketones (excluding diaryl/α,β-unsaturated/α-hetero) is 1. The highest BCUT2D eigenvalue weighted by molar-refractivity contribution is 7.17. The molecule has 0 spiro atoms. The third kappa shape index (κ3) is 4.51. The van der Waals surface area contributed by atoms with Gasteiger partial charge >= 0.3 is 5.97 Å². The van der Waals surface area contributed by atoms with Gasteiger partial charge in [-0.05, 0) is 37.0 Å². The first-order valence-corrected chi connectivity index (χ1v) is 10.00. The molecule has 0 saturated carbocycles. The molecular weight excluding hydrogens is 372 g/mol. The summed E-state index contributed by atoms with van der Waals surface area (Å²) in [6, 6.07) is 13.0. The lowest BCUT2D eigenvalue weighted by Crippen LogP contribution is -2.14. The second kappa shape index (κ2) is 8.89. The van der Waals surface area contributed by atoms with Gasteiger partial charge in [-0.3, -0.25) is 9.78 Å². The van der Waals surface area contributed by atoms with E-state index in [9.17, 15) is 9.59 Å². The van der Waals surface area contributed by atoms with Crippen LogP contribution in [0.4, 0.5) is 0 Å². The van der Waals surface area contributed by atoms with Gasteiger partial charge in [-0.1, -0.05) is 44.2 Å². The first-order valence-electron chi connectivity index (χ1n) is 9.18. The van der Waals surface area contributed by atoms with Crippen molar-refractivity contribution in [2.45, 2.75) is 33.1 Å². The second-order valence-electron chi connectivity index (χ2n) is 6.58. The molecule has 144 valence electrons. The molecule has 5 nitrogen and oxygen atoms in total. The van der Waals surface area contributed by atoms with Crippen molar-refractivity contribution in [2.75, 3.05) is 6.61 Å². The molecule has 2 heterocycles. The number of rotatable bonds is 7. The van der Waals surface area contributed by atoms with Crippen molar-refractivity contribution in [3.63, 3.8) is 0 Å². The van der Waals surface area contributed by atoms with Gasteiger partial charge in [-0.25, -0.2) is 9.78 Å². The van der Waals surface area contributed by atoms with E-state index in [1.165, 1.54) is 16.9 Å². The van der Waals surface area contributed by atoms with E-state index in [0.29, 0.717) is 32.8 Å². The lowest BCUT2D eigenvalue weighted by atomic mass is 9.97. The Hall–Kier alpha value is -2.86. The van der Waals surface area contributed by atoms with Crippen LogP contribution in [0.25, 0.3) is 10.7 Å². The number of ketones is 1. The van der Waals surface area contributed by atoms with Crippen molar-refractivity contribution in [2.24, 2.45) is 0 Å². The van der Waals surface area contributed by atoms with Gasteiger partial charge in [0.25, 0.3) is 0 Å². The number of benzene rings is 1. The number of esters is 1. The monoisotopic (exact) mass is 394 g/mol. The molecule has 0 radical (unpaired) electrons. The molecule has 3 rings (SSSR count). The molecule has 1 aromatic carbocycles. The van der Waals surface area contributed by atoms with E-state index in [1.807, 2.05) is 30.3 Å². The van der Waals surface area contributed by atoms with Crippen LogP contribution >= 0.6 is 11.3 Å². The normalized spacial score (nSPS) is 11.8. The van der Waals surface area contributed by atoms with Crippen LogP contribution in [-0.2, 0) is 4.74 Å². The number of hydrogen-bond acceptors (Lipinski definition) is 6. The minimum Gasteiger partial charge on any atom is -0.453 e. The summed E-state index contributed by atoms with van der Waals surface area (Å²) in [5, 5.41) is 0.650. The molecule has 0 amide bonds. The lowest BCUT2D eigenvalue weighted by molar-refractivity contribution is 0.0478. The number of pyridine rings is 1. The highest BCUT2D eigenvalue weighted by atomic mass is 32.1. The molecule has 0 saturated heterocycles. The van der Waals surface area contributed by atoms with Gasteiger partial charge in [0.2, 0.25) is 0 Å². The van der Waals surface area contributed by atoms with Gasteiger partial charge in [-0.2, -0.15) is 0 Å². The molecule has 1 atom stereocenters. The fourth-order valence-corrected chi connectivity index (χ4v) is 3.63. The minimum atomic E-state index is -0.540. The third-order valence-electron chi connectivity index (χ3n) is 4.61. The van der Waals surface area contributed by atoms with E-state index in [-0.39, 0.29) is 12.4 Å². The van der Waals surface area contributed by atoms with Crippen molar-refractivity contribution in [1.82, 2.24) is 9.97 Å². The number of hydrogen-bond donors (Lipinski definition) is 0. The van der Waals surface area contributed by atoms with Crippen molar-refractivity contribution < 1.29 is 14.3 Å². The van der Waals surface area contributed by atoms with Crippen LogP contribution in [0, 0.1) is 6.92 Å². The Morgan fingerprint density at radius 1 is 1.14 bits per heavy atom. The Balaban J connectivity index is 1.64. The second-order valence-corrected chi connectivity index (χ2v) is 7.58. The van der Waals surface area contributed by atoms with Crippen LogP contribution in [-0.4, -0.2) is 28.3 Å². The van der Waals surface area contributed by atoms with E-state index in [2.05, 4.69) is 23.8 Å². The number of aromatic nitrogens is 2. The van der Waals surface area contributed by atoms with Crippen molar-refractivity contribution in [1.29, 1.82) is 0 Å². The molecule has 0 fully saturated rings. The van der Waals surface area contributed by atoms with Crippen LogP contribution in [0.15, 0.2) is 48.7 Å². The Morgan fingerprint density at radius 3 is 2.54 bits per heavy atom. The summed E-state index contributed by atoms with van der Waals surface area (Å²) in [5.74, 6) is -0.317. The SMILES string of the molecule is CC[C@@H](C)c1ccc(C(=O)COC(=O)c2sc(-c3ccccn3)nc2C)cc1. The number of nitrogens with zero attached hydrogens (tertiary/aromatic N) is 2. The fourth-order valence-electron chi connectivity index (χ4n) is 2.70. The summed E-state index contributed by atoms with van der Waals surface area (Å²) in [6.07, 6.45) is 2.72. The summed E-state index contributed by atoms with van der Waals surface area (Å²) in [6.45, 7) is 5.73. The van der Waals surface area contributed by atoms with E-state index in [0.717, 1.165) is 6.42 Å². The molecule has 0 unspecified atom stereocenters. The average molecular weight is 394 g/mol. The maximum Gasteiger partial charge on any atom is 0.350 e. The molecular formula is C22H22N2O3S. The summed E-state index contributed by atoms with van der Waals surface area (Å²) in [4.78, 5) is 33.8. The Kier molecular flexibility index (Phi) is 6.31. The minimum absolute atomic E-state index is 0.226. The van der Waals surface area contributed by atoms with Gasteiger partial charge in [0.1, 0.15) is 9.88 Å². The standard InChI is InChI=1S/C22H22N2O3S/c1-4-14(2)16-8-10-17(11-9-16)19(25)13-27-22(26)20-15(3)24-21(28-20)18-7-5-6-12-23-18/h5-12,14H,4,13H2,1-3H3/t14-/m1/s1. The number of thiazole rings is 1. The van der Waals surface area contributed by atoms with E-state index >= 15 is 0 Å². The van der Waals surface area contributed by atoms with Crippen LogP contribution in [0.1, 0.15) is 57.5 Å². The molecule has 0 bridgehead atoms. The van der Waals surface area contributed by atoms with Gasteiger partial charge in [0.15, 0.2) is 12.4 Å². The van der Waals surface area contributed by atoms with Crippen LogP contribution < -0.4 is 0 Å². The van der Waals surface area contributed by atoms with Crippen LogP contribution in [0.2, 0.25) is 0 Å². The Bertz CT molecular complexity index is 965. The van der Waals surface area contributed by atoms with Crippen LogP contribution in [0.3, 0.4) is 0 Å². The van der Waals surface area contributed by atoms with Crippen LogP contribution in [0.5, 0.6) is 0 Å². The zero-order chi connectivity index (χ0) is 20.1. The molecule has 0 aliphatic carbocycles. The molecule has 0 N–H and O–H groups in total. The van der Waals surface area contributed by atoms with Crippen molar-refractivity contribution in [3.8, 4) is 10.7 Å².